The van der Waals surface area contributed by atoms with Gasteiger partial charge in [0.25, 0.3) is 0 Å². The Morgan fingerprint density at radius 2 is 2.08 bits per heavy atom. The average molecular weight is 233 g/mol. The number of aromatic nitrogens is 1. The first-order chi connectivity index (χ1) is 5.77. The van der Waals surface area contributed by atoms with Crippen LogP contribution in [0.4, 0.5) is 0 Å². The maximum atomic E-state index is 10.8. The summed E-state index contributed by atoms with van der Waals surface area (Å²) in [5.41, 5.74) is 0.843. The van der Waals surface area contributed by atoms with Crippen molar-refractivity contribution < 1.29 is 56.2 Å². The summed E-state index contributed by atoms with van der Waals surface area (Å²) in [7, 11) is 0. The number of hydrogen-bond acceptors (Lipinski definition) is 4. The summed E-state index contributed by atoms with van der Waals surface area (Å²) in [6.07, 6.45) is 0. The third-order valence-electron chi connectivity index (χ3n) is 1.47. The summed E-state index contributed by atoms with van der Waals surface area (Å²) >= 11 is 5.84. The van der Waals surface area contributed by atoms with E-state index in [1.165, 1.54) is 11.3 Å². The van der Waals surface area contributed by atoms with E-state index in [4.69, 9.17) is 0 Å². The quantitative estimate of drug-likeness (QED) is 0.467. The predicted molar refractivity (Wildman–Crippen MR) is 51.3 cm³/mol. The molecule has 2 rings (SSSR count). The zero-order valence-electron chi connectivity index (χ0n) is 6.98. The van der Waals surface area contributed by atoms with Gasteiger partial charge in [-0.3, -0.25) is 0 Å². The van der Waals surface area contributed by atoms with Gasteiger partial charge in [0.2, 0.25) is 0 Å². The van der Waals surface area contributed by atoms with Gasteiger partial charge in [-0.2, -0.15) is 0 Å². The van der Waals surface area contributed by atoms with Crippen LogP contribution in [0.5, 0.6) is 0 Å². The molecule has 1 aromatic carbocycles. The van der Waals surface area contributed by atoms with Crippen molar-refractivity contribution in [3.8, 4) is 0 Å². The molecule has 0 unspecified atom stereocenters. The van der Waals surface area contributed by atoms with Gasteiger partial charge in [-0.25, -0.2) is 4.98 Å². The minimum Gasteiger partial charge on any atom is -0.734 e. The maximum absolute atomic E-state index is 10.8. The molecule has 0 bridgehead atoms. The molecule has 0 amide bonds. The summed E-state index contributed by atoms with van der Waals surface area (Å²) in [4.78, 5) is 14.9. The molecule has 1 heterocycles. The molecule has 0 aliphatic heterocycles. The third kappa shape index (κ3) is 2.56. The number of para-hydroxylation sites is 1. The molecule has 2 nitrogen and oxygen atoms in total. The first-order valence-electron chi connectivity index (χ1n) is 3.34. The molecule has 0 fully saturated rings. The van der Waals surface area contributed by atoms with Crippen molar-refractivity contribution in [1.29, 1.82) is 0 Å². The number of carbonyl (C=O) groups excluding carboxylic acids is 1. The van der Waals surface area contributed by atoms with Crippen molar-refractivity contribution in [3.63, 3.8) is 0 Å². The largest absolute Gasteiger partial charge is 1.00 e. The number of carbonyl (C=O) groups is 1. The smallest absolute Gasteiger partial charge is 0.734 e. The SMILES string of the molecule is O=C([S-])c1nc2ccccc2s1.[K+]. The van der Waals surface area contributed by atoms with Crippen molar-refractivity contribution in [1.82, 2.24) is 4.98 Å². The molecule has 0 aliphatic carbocycles. The summed E-state index contributed by atoms with van der Waals surface area (Å²) in [6, 6.07) is 7.60. The molecule has 0 aliphatic rings. The molecular formula is C8H4KNOS2. The van der Waals surface area contributed by atoms with Crippen molar-refractivity contribution in [2.75, 3.05) is 0 Å². The normalized spacial score (nSPS) is 9.54. The number of thiazole rings is 1. The van der Waals surface area contributed by atoms with Crippen LogP contribution in [0.2, 0.25) is 0 Å². The van der Waals surface area contributed by atoms with Gasteiger partial charge in [0.15, 0.2) is 0 Å². The fourth-order valence-electron chi connectivity index (χ4n) is 0.960. The topological polar surface area (TPSA) is 30.0 Å². The molecule has 0 saturated carbocycles. The second kappa shape index (κ2) is 4.93. The van der Waals surface area contributed by atoms with Crippen molar-refractivity contribution in [3.05, 3.63) is 29.3 Å². The van der Waals surface area contributed by atoms with Crippen LogP contribution < -0.4 is 51.4 Å². The second-order valence-electron chi connectivity index (χ2n) is 2.27. The van der Waals surface area contributed by atoms with Crippen molar-refractivity contribution >= 4 is 39.3 Å². The first kappa shape index (κ1) is 11.7. The zero-order chi connectivity index (χ0) is 8.55. The summed E-state index contributed by atoms with van der Waals surface area (Å²) in [5, 5.41) is 0.0300. The Labute approximate surface area is 128 Å². The summed E-state index contributed by atoms with van der Waals surface area (Å²) in [5.74, 6) is 0. The fraction of sp³-hybridized carbons (Fsp3) is 0. The van der Waals surface area contributed by atoms with Crippen LogP contribution in [-0.4, -0.2) is 10.1 Å². The van der Waals surface area contributed by atoms with Crippen LogP contribution in [0.1, 0.15) is 9.80 Å². The molecule has 0 saturated heterocycles. The number of nitrogens with zero attached hydrogens (tertiary/aromatic N) is 1. The van der Waals surface area contributed by atoms with Crippen LogP contribution in [0.15, 0.2) is 24.3 Å². The van der Waals surface area contributed by atoms with Gasteiger partial charge in [-0.1, -0.05) is 12.1 Å². The van der Waals surface area contributed by atoms with Crippen LogP contribution in [0, 0.1) is 0 Å². The summed E-state index contributed by atoms with van der Waals surface area (Å²) < 4.78 is 1.01. The Hall–Kier alpha value is 0.636. The molecule has 13 heavy (non-hydrogen) atoms. The van der Waals surface area contributed by atoms with Gasteiger partial charge in [0, 0.05) is 0 Å². The van der Waals surface area contributed by atoms with Gasteiger partial charge in [-0.05, 0) is 12.1 Å². The van der Waals surface area contributed by atoms with Crippen molar-refractivity contribution in [2.45, 2.75) is 0 Å². The number of hydrogen-bond donors (Lipinski definition) is 0. The van der Waals surface area contributed by atoms with Crippen molar-refractivity contribution in [2.24, 2.45) is 0 Å². The van der Waals surface area contributed by atoms with Crippen LogP contribution in [0.3, 0.4) is 0 Å². The van der Waals surface area contributed by atoms with Gasteiger partial charge in [0.1, 0.15) is 5.01 Å². The minimum atomic E-state index is -0.379. The Morgan fingerprint density at radius 1 is 1.38 bits per heavy atom. The van der Waals surface area contributed by atoms with E-state index in [9.17, 15) is 4.79 Å². The monoisotopic (exact) mass is 233 g/mol. The van der Waals surface area contributed by atoms with Gasteiger partial charge < -0.3 is 17.4 Å². The molecule has 2 aromatic rings. The van der Waals surface area contributed by atoms with Gasteiger partial charge >= 0.3 is 51.4 Å². The van der Waals surface area contributed by atoms with Gasteiger partial charge in [0.05, 0.1) is 15.3 Å². The number of rotatable bonds is 1. The molecule has 5 heteroatoms. The van der Waals surface area contributed by atoms with Crippen LogP contribution in [0.25, 0.3) is 10.2 Å². The van der Waals surface area contributed by atoms with E-state index >= 15 is 0 Å². The standard InChI is InChI=1S/C8H5NOS2.K/c10-8(11)7-9-5-3-1-2-4-6(5)12-7;/h1-4H,(H,10,11);/q;+1/p-1. The molecule has 60 valence electrons. The molecule has 0 N–H and O–H groups in total. The third-order valence-corrected chi connectivity index (χ3v) is 2.83. The minimum absolute atomic E-state index is 0. The second-order valence-corrected chi connectivity index (χ2v) is 3.68. The van der Waals surface area contributed by atoms with E-state index in [1.54, 1.807) is 0 Å². The van der Waals surface area contributed by atoms with E-state index in [-0.39, 0.29) is 56.5 Å². The molecule has 0 atom stereocenters. The number of benzene rings is 1. The van der Waals surface area contributed by atoms with Crippen LogP contribution >= 0.6 is 11.3 Å². The Balaban J connectivity index is 0.000000845. The van der Waals surface area contributed by atoms with E-state index in [2.05, 4.69) is 17.6 Å². The molecule has 0 radical (unpaired) electrons. The Morgan fingerprint density at radius 3 is 2.69 bits per heavy atom. The average Bonchev–Trinajstić information content (AvgIpc) is 2.46. The van der Waals surface area contributed by atoms with E-state index in [1.807, 2.05) is 24.3 Å². The fourth-order valence-corrected chi connectivity index (χ4v) is 1.93. The summed E-state index contributed by atoms with van der Waals surface area (Å²) in [6.45, 7) is 0. The zero-order valence-corrected chi connectivity index (χ0v) is 11.7. The van der Waals surface area contributed by atoms with E-state index < -0.39 is 0 Å². The number of fused-ring (bicyclic) bond motifs is 1. The van der Waals surface area contributed by atoms with E-state index in [0.717, 1.165) is 10.2 Å². The Bertz CT molecular complexity index is 407. The molecule has 0 spiro atoms. The molecule has 1 aromatic heterocycles. The molecular weight excluding hydrogens is 229 g/mol. The predicted octanol–water partition coefficient (Wildman–Crippen LogP) is -1.01. The van der Waals surface area contributed by atoms with Gasteiger partial charge in [-0.15, -0.1) is 11.3 Å². The Kier molecular flexibility index (Phi) is 4.44. The van der Waals surface area contributed by atoms with Crippen LogP contribution in [-0.2, 0) is 12.6 Å². The first-order valence-corrected chi connectivity index (χ1v) is 4.57. The van der Waals surface area contributed by atoms with E-state index in [0.29, 0.717) is 5.01 Å². The maximum Gasteiger partial charge on any atom is 1.00 e.